The summed E-state index contributed by atoms with van der Waals surface area (Å²) in [7, 11) is 0. The number of aliphatic hydroxyl groups excluding tert-OH is 2. The minimum Gasteiger partial charge on any atom is -0.396 e. The third-order valence-corrected chi connectivity index (χ3v) is 10.1. The molecular formula is C34H44N2O5. The highest BCUT2D eigenvalue weighted by Gasteiger charge is 2.57. The van der Waals surface area contributed by atoms with Crippen LogP contribution < -0.4 is 5.32 Å². The molecule has 0 aromatic heterocycles. The minimum absolute atomic E-state index is 0.0853. The minimum atomic E-state index is -1.30. The summed E-state index contributed by atoms with van der Waals surface area (Å²) in [6.45, 7) is 10.2. The molecule has 1 aliphatic heterocycles. The highest BCUT2D eigenvalue weighted by atomic mass is 16.7. The van der Waals surface area contributed by atoms with Crippen LogP contribution in [0.1, 0.15) is 64.2 Å². The van der Waals surface area contributed by atoms with E-state index in [4.69, 9.17) is 4.84 Å². The number of amides is 1. The molecule has 9 atom stereocenters. The Bertz CT molecular complexity index is 1300. The molecule has 2 bridgehead atoms. The molecule has 7 heteroatoms. The van der Waals surface area contributed by atoms with E-state index in [0.717, 1.165) is 23.1 Å². The van der Waals surface area contributed by atoms with Crippen molar-refractivity contribution in [3.05, 3.63) is 71.3 Å². The number of fused-ring (bicyclic) bond motifs is 2. The van der Waals surface area contributed by atoms with Crippen LogP contribution in [0.15, 0.2) is 54.6 Å². The molecule has 220 valence electrons. The fourth-order valence-electron chi connectivity index (χ4n) is 7.37. The standard InChI is InChI=1S/C34H44N2O5/c1-21-28-17-26(33(28,3)4)18-29(21)35-32(39)30-27(20-37)31(22(2)38)41-36(30)19-24-11-9-10-23(16-24)14-15-34(5,40)25-12-7-6-8-13-25/h6-13,16,21-22,26-31,37-38,40H,17-20H2,1-5H3,(H,35,39)/t21-,22-,26-,27-,28+,29-,30-,31-,34?/m0/s1. The van der Waals surface area contributed by atoms with Crippen LogP contribution in [0.3, 0.4) is 0 Å². The zero-order chi connectivity index (χ0) is 29.5. The number of benzene rings is 2. The van der Waals surface area contributed by atoms with Crippen LogP contribution >= 0.6 is 0 Å². The largest absolute Gasteiger partial charge is 0.396 e. The van der Waals surface area contributed by atoms with E-state index >= 15 is 0 Å². The maximum atomic E-state index is 13.8. The van der Waals surface area contributed by atoms with Gasteiger partial charge in [0.15, 0.2) is 0 Å². The van der Waals surface area contributed by atoms with E-state index in [1.807, 2.05) is 54.6 Å². The van der Waals surface area contributed by atoms with Gasteiger partial charge < -0.3 is 20.6 Å². The molecule has 0 spiro atoms. The van der Waals surface area contributed by atoms with Gasteiger partial charge in [-0.05, 0) is 73.1 Å². The Morgan fingerprint density at radius 2 is 1.93 bits per heavy atom. The van der Waals surface area contributed by atoms with E-state index in [9.17, 15) is 20.1 Å². The fraction of sp³-hybridized carbons (Fsp3) is 0.559. The Morgan fingerprint density at radius 1 is 1.20 bits per heavy atom. The van der Waals surface area contributed by atoms with Crippen LogP contribution in [-0.4, -0.2) is 57.2 Å². The molecule has 3 saturated carbocycles. The highest BCUT2D eigenvalue weighted by Crippen LogP contribution is 2.61. The molecule has 6 rings (SSSR count). The van der Waals surface area contributed by atoms with Crippen molar-refractivity contribution in [1.29, 1.82) is 0 Å². The van der Waals surface area contributed by atoms with Crippen molar-refractivity contribution in [2.45, 2.75) is 83.9 Å². The number of hydroxylamine groups is 2. The lowest BCUT2D eigenvalue weighted by Crippen LogP contribution is -2.62. The third-order valence-electron chi connectivity index (χ3n) is 10.1. The molecule has 1 amide bonds. The van der Waals surface area contributed by atoms with Gasteiger partial charge in [0.05, 0.1) is 19.3 Å². The van der Waals surface area contributed by atoms with Gasteiger partial charge in [0.1, 0.15) is 17.7 Å². The summed E-state index contributed by atoms with van der Waals surface area (Å²) < 4.78 is 0. The molecule has 1 heterocycles. The lowest BCUT2D eigenvalue weighted by molar-refractivity contribution is -0.193. The van der Waals surface area contributed by atoms with Gasteiger partial charge in [-0.25, -0.2) is 0 Å². The quantitative estimate of drug-likeness (QED) is 0.386. The Labute approximate surface area is 243 Å². The molecule has 4 aliphatic rings. The zero-order valence-electron chi connectivity index (χ0n) is 24.7. The van der Waals surface area contributed by atoms with Gasteiger partial charge in [0.2, 0.25) is 5.91 Å². The molecule has 7 nitrogen and oxygen atoms in total. The van der Waals surface area contributed by atoms with Gasteiger partial charge in [-0.2, -0.15) is 5.06 Å². The van der Waals surface area contributed by atoms with Gasteiger partial charge in [-0.3, -0.25) is 9.63 Å². The number of carbonyl (C=O) groups excluding carboxylic acids is 1. The number of nitrogens with one attached hydrogen (secondary N) is 1. The maximum absolute atomic E-state index is 13.8. The summed E-state index contributed by atoms with van der Waals surface area (Å²) in [5.74, 6) is 6.89. The van der Waals surface area contributed by atoms with E-state index in [2.05, 4.69) is 37.9 Å². The molecule has 4 fully saturated rings. The molecule has 3 aliphatic carbocycles. The SMILES string of the molecule is C[C@@H]1[C@@H](NC(=O)[C@@H]2[C@H](CO)[C@H]([C@H](C)O)ON2Cc2cccc(C#CC(C)(O)c3ccccc3)c2)C[C@@H]2C[C@H]1C2(C)C. The molecular weight excluding hydrogens is 516 g/mol. The van der Waals surface area contributed by atoms with Gasteiger partial charge in [-0.1, -0.05) is 75.1 Å². The van der Waals surface area contributed by atoms with E-state index in [1.54, 1.807) is 18.9 Å². The van der Waals surface area contributed by atoms with Crippen LogP contribution in [0.5, 0.6) is 0 Å². The topological polar surface area (TPSA) is 102 Å². The number of hydrogen-bond acceptors (Lipinski definition) is 6. The smallest absolute Gasteiger partial charge is 0.240 e. The van der Waals surface area contributed by atoms with Crippen LogP contribution in [0.4, 0.5) is 0 Å². The molecule has 41 heavy (non-hydrogen) atoms. The summed E-state index contributed by atoms with van der Waals surface area (Å²) in [5, 5.41) is 36.6. The number of nitrogens with zero attached hydrogens (tertiary/aromatic N) is 1. The van der Waals surface area contributed by atoms with Crippen molar-refractivity contribution in [3.8, 4) is 11.8 Å². The first kappa shape index (κ1) is 29.8. The van der Waals surface area contributed by atoms with Crippen LogP contribution in [0.25, 0.3) is 0 Å². The number of rotatable bonds is 7. The fourth-order valence-corrected chi connectivity index (χ4v) is 7.37. The summed E-state index contributed by atoms with van der Waals surface area (Å²) in [6.07, 6.45) is 0.631. The van der Waals surface area contributed by atoms with E-state index in [0.29, 0.717) is 23.2 Å². The molecule has 0 radical (unpaired) electrons. The third kappa shape index (κ3) is 5.82. The first-order valence-corrected chi connectivity index (χ1v) is 14.8. The summed E-state index contributed by atoms with van der Waals surface area (Å²) in [6, 6.07) is 16.3. The average molecular weight is 561 g/mol. The number of carbonyl (C=O) groups is 1. The van der Waals surface area contributed by atoms with E-state index in [1.165, 1.54) is 6.42 Å². The molecule has 1 unspecified atom stereocenters. The summed E-state index contributed by atoms with van der Waals surface area (Å²) >= 11 is 0. The van der Waals surface area contributed by atoms with Crippen molar-refractivity contribution < 1.29 is 25.0 Å². The summed E-state index contributed by atoms with van der Waals surface area (Å²) in [5.41, 5.74) is 1.32. The first-order chi connectivity index (χ1) is 19.4. The van der Waals surface area contributed by atoms with Crippen molar-refractivity contribution in [3.63, 3.8) is 0 Å². The Morgan fingerprint density at radius 3 is 2.56 bits per heavy atom. The van der Waals surface area contributed by atoms with E-state index < -0.39 is 29.8 Å². The maximum Gasteiger partial charge on any atom is 0.240 e. The predicted octanol–water partition coefficient (Wildman–Crippen LogP) is 3.61. The number of aliphatic hydroxyl groups is 3. The summed E-state index contributed by atoms with van der Waals surface area (Å²) in [4.78, 5) is 20.0. The molecule has 2 aromatic rings. The van der Waals surface area contributed by atoms with Gasteiger partial charge in [0, 0.05) is 17.5 Å². The second-order valence-electron chi connectivity index (χ2n) is 13.1. The van der Waals surface area contributed by atoms with Crippen LogP contribution in [-0.2, 0) is 21.8 Å². The van der Waals surface area contributed by atoms with Crippen molar-refractivity contribution in [2.24, 2.45) is 29.1 Å². The second kappa shape index (κ2) is 11.5. The molecule has 2 aromatic carbocycles. The lowest BCUT2D eigenvalue weighted by atomic mass is 9.45. The van der Waals surface area contributed by atoms with Gasteiger partial charge >= 0.3 is 0 Å². The first-order valence-electron chi connectivity index (χ1n) is 14.8. The van der Waals surface area contributed by atoms with Gasteiger partial charge in [-0.15, -0.1) is 0 Å². The normalized spacial score (nSPS) is 32.6. The Hall–Kier alpha value is -2.73. The second-order valence-corrected chi connectivity index (χ2v) is 13.1. The van der Waals surface area contributed by atoms with Crippen LogP contribution in [0.2, 0.25) is 0 Å². The van der Waals surface area contributed by atoms with E-state index in [-0.39, 0.29) is 25.1 Å². The van der Waals surface area contributed by atoms with Crippen molar-refractivity contribution >= 4 is 5.91 Å². The Balaban J connectivity index is 1.34. The molecule has 4 N–H and O–H groups in total. The molecule has 1 saturated heterocycles. The average Bonchev–Trinajstić information content (AvgIpc) is 3.32. The Kier molecular flexibility index (Phi) is 8.35. The predicted molar refractivity (Wildman–Crippen MR) is 157 cm³/mol. The number of hydrogen-bond donors (Lipinski definition) is 4. The van der Waals surface area contributed by atoms with Crippen LogP contribution in [0, 0.1) is 40.9 Å². The van der Waals surface area contributed by atoms with Crippen molar-refractivity contribution in [1.82, 2.24) is 10.4 Å². The lowest BCUT2D eigenvalue weighted by Gasteiger charge is -2.62. The zero-order valence-corrected chi connectivity index (χ0v) is 24.7. The monoisotopic (exact) mass is 560 g/mol. The highest BCUT2D eigenvalue weighted by molar-refractivity contribution is 5.82. The van der Waals surface area contributed by atoms with Gasteiger partial charge in [0.25, 0.3) is 0 Å². The van der Waals surface area contributed by atoms with Crippen molar-refractivity contribution in [2.75, 3.05) is 6.61 Å².